The summed E-state index contributed by atoms with van der Waals surface area (Å²) in [6.07, 6.45) is 0. The summed E-state index contributed by atoms with van der Waals surface area (Å²) >= 11 is 5.83. The van der Waals surface area contributed by atoms with E-state index in [1.54, 1.807) is 6.92 Å². The van der Waals surface area contributed by atoms with Crippen molar-refractivity contribution in [1.82, 2.24) is 4.90 Å². The quantitative estimate of drug-likeness (QED) is 0.907. The first-order valence-electron chi connectivity index (χ1n) is 5.88. The Morgan fingerprint density at radius 3 is 2.63 bits per heavy atom. The Hall–Kier alpha value is -1.62. The summed E-state index contributed by atoms with van der Waals surface area (Å²) in [4.78, 5) is 24.6. The molecule has 1 aliphatic heterocycles. The van der Waals surface area contributed by atoms with Crippen molar-refractivity contribution in [1.29, 1.82) is 0 Å². The van der Waals surface area contributed by atoms with E-state index in [9.17, 15) is 14.0 Å². The van der Waals surface area contributed by atoms with Crippen LogP contribution in [0.3, 0.4) is 0 Å². The molecule has 0 unspecified atom stereocenters. The Bertz CT molecular complexity index is 514. The molecule has 1 saturated heterocycles. The summed E-state index contributed by atoms with van der Waals surface area (Å²) in [6, 6.07) is 4.01. The van der Waals surface area contributed by atoms with E-state index < -0.39 is 23.6 Å². The third-order valence-corrected chi connectivity index (χ3v) is 3.71. The monoisotopic (exact) mass is 285 g/mol. The van der Waals surface area contributed by atoms with Gasteiger partial charge in [-0.25, -0.2) is 4.39 Å². The number of rotatable bonds is 2. The molecular weight excluding hydrogens is 273 g/mol. The van der Waals surface area contributed by atoms with Crippen molar-refractivity contribution in [2.45, 2.75) is 6.92 Å². The predicted molar refractivity (Wildman–Crippen MR) is 67.6 cm³/mol. The van der Waals surface area contributed by atoms with Crippen LogP contribution >= 0.6 is 11.6 Å². The number of likely N-dealkylation sites (tertiary alicyclic amines) is 1. The second kappa shape index (κ2) is 5.17. The first kappa shape index (κ1) is 13.8. The van der Waals surface area contributed by atoms with Crippen molar-refractivity contribution in [2.24, 2.45) is 11.8 Å². The number of carbonyl (C=O) groups excluding carboxylic acids is 1. The van der Waals surface area contributed by atoms with Crippen LogP contribution in [-0.2, 0) is 4.79 Å². The number of carboxylic acids is 1. The average molecular weight is 286 g/mol. The Labute approximate surface area is 114 Å². The average Bonchev–Trinajstić information content (AvgIpc) is 2.71. The molecule has 2 rings (SSSR count). The lowest BCUT2D eigenvalue weighted by atomic mass is 9.99. The largest absolute Gasteiger partial charge is 0.481 e. The van der Waals surface area contributed by atoms with Crippen molar-refractivity contribution in [3.63, 3.8) is 0 Å². The van der Waals surface area contributed by atoms with E-state index in [0.717, 1.165) is 6.07 Å². The summed E-state index contributed by atoms with van der Waals surface area (Å²) in [6.45, 7) is 2.13. The van der Waals surface area contributed by atoms with E-state index in [0.29, 0.717) is 6.54 Å². The molecule has 0 spiro atoms. The molecule has 19 heavy (non-hydrogen) atoms. The van der Waals surface area contributed by atoms with Gasteiger partial charge in [0.15, 0.2) is 0 Å². The van der Waals surface area contributed by atoms with Gasteiger partial charge in [-0.3, -0.25) is 9.59 Å². The highest BCUT2D eigenvalue weighted by Crippen LogP contribution is 2.27. The fraction of sp³-hybridized carbons (Fsp3) is 0.385. The van der Waals surface area contributed by atoms with Gasteiger partial charge in [0.1, 0.15) is 5.82 Å². The highest BCUT2D eigenvalue weighted by molar-refractivity contribution is 6.33. The van der Waals surface area contributed by atoms with Crippen LogP contribution in [0.5, 0.6) is 0 Å². The van der Waals surface area contributed by atoms with Crippen LogP contribution in [0.1, 0.15) is 17.3 Å². The fourth-order valence-electron chi connectivity index (χ4n) is 2.31. The maximum absolute atomic E-state index is 13.7. The molecule has 1 aromatic rings. The zero-order valence-electron chi connectivity index (χ0n) is 10.3. The smallest absolute Gasteiger partial charge is 0.308 e. The number of hydrogen-bond acceptors (Lipinski definition) is 2. The van der Waals surface area contributed by atoms with Gasteiger partial charge in [-0.05, 0) is 18.1 Å². The molecule has 4 nitrogen and oxygen atoms in total. The number of benzene rings is 1. The molecule has 102 valence electrons. The molecule has 1 N–H and O–H groups in total. The highest BCUT2D eigenvalue weighted by Gasteiger charge is 2.38. The van der Waals surface area contributed by atoms with Crippen LogP contribution in [0.25, 0.3) is 0 Å². The first-order valence-corrected chi connectivity index (χ1v) is 6.25. The summed E-state index contributed by atoms with van der Waals surface area (Å²) in [7, 11) is 0. The first-order chi connectivity index (χ1) is 8.91. The normalized spacial score (nSPS) is 22.6. The third kappa shape index (κ3) is 2.56. The SMILES string of the molecule is C[C@@H]1CN(C(=O)c2c(F)cccc2Cl)C[C@H]1C(=O)O. The van der Waals surface area contributed by atoms with Crippen LogP contribution < -0.4 is 0 Å². The Balaban J connectivity index is 2.25. The van der Waals surface area contributed by atoms with Gasteiger partial charge < -0.3 is 10.0 Å². The van der Waals surface area contributed by atoms with E-state index in [2.05, 4.69) is 0 Å². The number of carboxylic acid groups (broad SMARTS) is 1. The standard InChI is InChI=1S/C13H13ClFNO3/c1-7-5-16(6-8(7)13(18)19)12(17)11-9(14)3-2-4-10(11)15/h2-4,7-8H,5-6H2,1H3,(H,18,19)/t7-,8-/m1/s1. The van der Waals surface area contributed by atoms with Crippen molar-refractivity contribution in [2.75, 3.05) is 13.1 Å². The minimum Gasteiger partial charge on any atom is -0.481 e. The predicted octanol–water partition coefficient (Wildman–Crippen LogP) is 2.27. The van der Waals surface area contributed by atoms with E-state index in [1.807, 2.05) is 0 Å². The van der Waals surface area contributed by atoms with Gasteiger partial charge in [-0.2, -0.15) is 0 Å². The Morgan fingerprint density at radius 1 is 1.42 bits per heavy atom. The van der Waals surface area contributed by atoms with Crippen LogP contribution in [-0.4, -0.2) is 35.0 Å². The van der Waals surface area contributed by atoms with Crippen LogP contribution in [0.4, 0.5) is 4.39 Å². The molecule has 0 aliphatic carbocycles. The van der Waals surface area contributed by atoms with E-state index in [4.69, 9.17) is 16.7 Å². The zero-order valence-corrected chi connectivity index (χ0v) is 11.0. The van der Waals surface area contributed by atoms with Gasteiger partial charge in [0.05, 0.1) is 16.5 Å². The molecule has 1 aliphatic rings. The van der Waals surface area contributed by atoms with Gasteiger partial charge in [-0.1, -0.05) is 24.6 Å². The maximum Gasteiger partial charge on any atom is 0.308 e. The number of carbonyl (C=O) groups is 2. The lowest BCUT2D eigenvalue weighted by molar-refractivity contribution is -0.142. The molecule has 1 aromatic carbocycles. The minimum atomic E-state index is -0.942. The topological polar surface area (TPSA) is 57.6 Å². The van der Waals surface area contributed by atoms with Crippen LogP contribution in [0.15, 0.2) is 18.2 Å². The molecule has 0 radical (unpaired) electrons. The van der Waals surface area contributed by atoms with Crippen molar-refractivity contribution in [3.05, 3.63) is 34.6 Å². The highest BCUT2D eigenvalue weighted by atomic mass is 35.5. The Kier molecular flexibility index (Phi) is 3.75. The number of nitrogens with zero attached hydrogens (tertiary/aromatic N) is 1. The van der Waals surface area contributed by atoms with Crippen molar-refractivity contribution >= 4 is 23.5 Å². The summed E-state index contributed by atoms with van der Waals surface area (Å²) in [5.74, 6) is -2.97. The zero-order chi connectivity index (χ0) is 14.2. The van der Waals surface area contributed by atoms with Gasteiger partial charge in [0, 0.05) is 13.1 Å². The number of amides is 1. The van der Waals surface area contributed by atoms with Crippen molar-refractivity contribution < 1.29 is 19.1 Å². The second-order valence-electron chi connectivity index (χ2n) is 4.73. The van der Waals surface area contributed by atoms with Gasteiger partial charge in [-0.15, -0.1) is 0 Å². The molecule has 0 saturated carbocycles. The molecule has 1 fully saturated rings. The minimum absolute atomic E-state index is 0.0384. The summed E-state index contributed by atoms with van der Waals surface area (Å²) in [5, 5.41) is 9.06. The molecule has 1 heterocycles. The molecular formula is C13H13ClFNO3. The van der Waals surface area contributed by atoms with Gasteiger partial charge in [0.25, 0.3) is 5.91 Å². The second-order valence-corrected chi connectivity index (χ2v) is 5.14. The maximum atomic E-state index is 13.7. The number of aliphatic carboxylic acids is 1. The van der Waals surface area contributed by atoms with E-state index in [1.165, 1.54) is 17.0 Å². The van der Waals surface area contributed by atoms with E-state index in [-0.39, 0.29) is 23.0 Å². The molecule has 0 aromatic heterocycles. The molecule has 6 heteroatoms. The van der Waals surface area contributed by atoms with Gasteiger partial charge >= 0.3 is 5.97 Å². The van der Waals surface area contributed by atoms with Crippen LogP contribution in [0, 0.1) is 17.7 Å². The van der Waals surface area contributed by atoms with Crippen molar-refractivity contribution in [3.8, 4) is 0 Å². The lowest BCUT2D eigenvalue weighted by Gasteiger charge is -2.17. The van der Waals surface area contributed by atoms with Crippen LogP contribution in [0.2, 0.25) is 5.02 Å². The summed E-state index contributed by atoms with van der Waals surface area (Å²) < 4.78 is 13.7. The molecule has 1 amide bonds. The van der Waals surface area contributed by atoms with E-state index >= 15 is 0 Å². The summed E-state index contributed by atoms with van der Waals surface area (Å²) in [5.41, 5.74) is -0.192. The fourth-order valence-corrected chi connectivity index (χ4v) is 2.56. The Morgan fingerprint density at radius 2 is 2.11 bits per heavy atom. The molecule has 0 bridgehead atoms. The molecule has 2 atom stereocenters. The lowest BCUT2D eigenvalue weighted by Crippen LogP contribution is -2.30. The number of hydrogen-bond donors (Lipinski definition) is 1. The number of halogens is 2. The van der Waals surface area contributed by atoms with Gasteiger partial charge in [0.2, 0.25) is 0 Å². The third-order valence-electron chi connectivity index (χ3n) is 3.39.